The van der Waals surface area contributed by atoms with Crippen molar-refractivity contribution >= 4 is 11.9 Å². The van der Waals surface area contributed by atoms with Crippen LogP contribution in [0.1, 0.15) is 116 Å². The number of hydrogen-bond acceptors (Lipinski definition) is 2. The zero-order valence-electron chi connectivity index (χ0n) is 16.8. The number of carboxylic acid groups (broad SMARTS) is 2. The highest BCUT2D eigenvalue weighted by atomic mass is 16.4. The largest absolute Gasteiger partial charge is 0.481 e. The first kappa shape index (κ1) is 24.7. The predicted molar refractivity (Wildman–Crippen MR) is 108 cm³/mol. The van der Waals surface area contributed by atoms with Gasteiger partial charge in [0.2, 0.25) is 0 Å². The Kier molecular flexibility index (Phi) is 17.5. The van der Waals surface area contributed by atoms with E-state index in [1.807, 2.05) is 6.08 Å². The van der Waals surface area contributed by atoms with Crippen LogP contribution in [0.5, 0.6) is 0 Å². The highest BCUT2D eigenvalue weighted by Gasteiger charge is 2.06. The molecule has 0 aliphatic carbocycles. The van der Waals surface area contributed by atoms with E-state index in [0.29, 0.717) is 12.0 Å². The molecule has 0 atom stereocenters. The number of unbranched alkanes of at least 4 members (excludes halogenated alkanes) is 13. The van der Waals surface area contributed by atoms with Crippen molar-refractivity contribution in [2.24, 2.45) is 0 Å². The van der Waals surface area contributed by atoms with Gasteiger partial charge in [0.25, 0.3) is 0 Å². The first-order chi connectivity index (χ1) is 12.6. The molecule has 0 aliphatic rings. The van der Waals surface area contributed by atoms with E-state index in [1.165, 1.54) is 51.4 Å². The summed E-state index contributed by atoms with van der Waals surface area (Å²) in [6.45, 7) is 2.24. The molecule has 0 rings (SSSR count). The molecule has 152 valence electrons. The lowest BCUT2D eigenvalue weighted by Crippen LogP contribution is -2.01. The molecule has 0 saturated heterocycles. The van der Waals surface area contributed by atoms with E-state index in [2.05, 4.69) is 6.92 Å². The van der Waals surface area contributed by atoms with Gasteiger partial charge in [-0.1, -0.05) is 83.6 Å². The summed E-state index contributed by atoms with van der Waals surface area (Å²) in [6, 6.07) is 0. The molecule has 4 heteroatoms. The van der Waals surface area contributed by atoms with Crippen molar-refractivity contribution < 1.29 is 19.8 Å². The number of rotatable bonds is 19. The maximum absolute atomic E-state index is 11.3. The van der Waals surface area contributed by atoms with Crippen molar-refractivity contribution in [1.29, 1.82) is 0 Å². The molecule has 0 radical (unpaired) electrons. The Labute approximate surface area is 160 Å². The van der Waals surface area contributed by atoms with Crippen LogP contribution in [-0.2, 0) is 9.59 Å². The SMILES string of the molecule is CCCCCCCCCCCC=C(CCCCCCCC(=O)O)C(=O)O. The smallest absolute Gasteiger partial charge is 0.331 e. The third-order valence-corrected chi connectivity index (χ3v) is 4.81. The molecule has 0 unspecified atom stereocenters. The Morgan fingerprint density at radius 3 is 1.62 bits per heavy atom. The number of carbonyl (C=O) groups is 2. The van der Waals surface area contributed by atoms with Gasteiger partial charge in [-0.15, -0.1) is 0 Å². The van der Waals surface area contributed by atoms with Crippen LogP contribution in [0.4, 0.5) is 0 Å². The number of aliphatic carboxylic acids is 2. The highest BCUT2D eigenvalue weighted by Crippen LogP contribution is 2.15. The fraction of sp³-hybridized carbons (Fsp3) is 0.818. The summed E-state index contributed by atoms with van der Waals surface area (Å²) < 4.78 is 0. The standard InChI is InChI=1S/C22H40O4/c1-2-3-4-5-6-7-8-9-11-14-17-20(22(25)26)18-15-12-10-13-16-19-21(23)24/h17H,2-16,18-19H2,1H3,(H,23,24)(H,25,26). The zero-order chi connectivity index (χ0) is 19.5. The average molecular weight is 369 g/mol. The topological polar surface area (TPSA) is 74.6 Å². The van der Waals surface area contributed by atoms with Crippen LogP contribution >= 0.6 is 0 Å². The Balaban J connectivity index is 3.64. The van der Waals surface area contributed by atoms with Gasteiger partial charge in [-0.05, 0) is 32.1 Å². The molecule has 0 saturated carbocycles. The van der Waals surface area contributed by atoms with Gasteiger partial charge in [0.05, 0.1) is 0 Å². The Hall–Kier alpha value is -1.32. The van der Waals surface area contributed by atoms with E-state index in [9.17, 15) is 14.7 Å². The minimum atomic E-state index is -0.785. The molecule has 2 N–H and O–H groups in total. The summed E-state index contributed by atoms with van der Waals surface area (Å²) in [5.41, 5.74) is 0.551. The lowest BCUT2D eigenvalue weighted by Gasteiger charge is -2.04. The average Bonchev–Trinajstić information content (AvgIpc) is 2.60. The molecule has 0 heterocycles. The fourth-order valence-electron chi connectivity index (χ4n) is 3.15. The molecule has 0 bridgehead atoms. The molecule has 0 aromatic carbocycles. The van der Waals surface area contributed by atoms with Crippen molar-refractivity contribution in [1.82, 2.24) is 0 Å². The van der Waals surface area contributed by atoms with Crippen LogP contribution in [0.3, 0.4) is 0 Å². The fourth-order valence-corrected chi connectivity index (χ4v) is 3.15. The van der Waals surface area contributed by atoms with Gasteiger partial charge in [0, 0.05) is 12.0 Å². The molecule has 0 amide bonds. The normalized spacial score (nSPS) is 11.7. The van der Waals surface area contributed by atoms with E-state index in [1.54, 1.807) is 0 Å². The van der Waals surface area contributed by atoms with E-state index < -0.39 is 11.9 Å². The van der Waals surface area contributed by atoms with Crippen LogP contribution in [0.2, 0.25) is 0 Å². The van der Waals surface area contributed by atoms with Gasteiger partial charge >= 0.3 is 11.9 Å². The highest BCUT2D eigenvalue weighted by molar-refractivity contribution is 5.86. The van der Waals surface area contributed by atoms with E-state index >= 15 is 0 Å². The van der Waals surface area contributed by atoms with Crippen molar-refractivity contribution in [3.8, 4) is 0 Å². The lowest BCUT2D eigenvalue weighted by atomic mass is 10.0. The molecule has 0 spiro atoms. The Bertz CT molecular complexity index is 388. The summed E-state index contributed by atoms with van der Waals surface area (Å²) in [5.74, 6) is -1.52. The summed E-state index contributed by atoms with van der Waals surface area (Å²) in [4.78, 5) is 21.7. The second-order valence-electron chi connectivity index (χ2n) is 7.31. The first-order valence-electron chi connectivity index (χ1n) is 10.7. The third-order valence-electron chi connectivity index (χ3n) is 4.81. The van der Waals surface area contributed by atoms with Crippen LogP contribution in [0.25, 0.3) is 0 Å². The van der Waals surface area contributed by atoms with E-state index in [0.717, 1.165) is 44.9 Å². The molecule has 0 aromatic heterocycles. The van der Waals surface area contributed by atoms with Crippen LogP contribution in [-0.4, -0.2) is 22.2 Å². The first-order valence-corrected chi connectivity index (χ1v) is 10.7. The number of carboxylic acids is 2. The third kappa shape index (κ3) is 17.5. The molecule has 4 nitrogen and oxygen atoms in total. The predicted octanol–water partition coefficient (Wildman–Crippen LogP) is 6.73. The molecule has 0 fully saturated rings. The van der Waals surface area contributed by atoms with Gasteiger partial charge in [-0.3, -0.25) is 4.79 Å². The molecular weight excluding hydrogens is 328 g/mol. The van der Waals surface area contributed by atoms with Crippen molar-refractivity contribution in [3.05, 3.63) is 11.6 Å². The minimum Gasteiger partial charge on any atom is -0.481 e. The van der Waals surface area contributed by atoms with Crippen molar-refractivity contribution in [2.75, 3.05) is 0 Å². The van der Waals surface area contributed by atoms with Gasteiger partial charge in [-0.2, -0.15) is 0 Å². The maximum Gasteiger partial charge on any atom is 0.331 e. The summed E-state index contributed by atoms with van der Waals surface area (Å²) >= 11 is 0. The lowest BCUT2D eigenvalue weighted by molar-refractivity contribution is -0.137. The monoisotopic (exact) mass is 368 g/mol. The van der Waals surface area contributed by atoms with Crippen molar-refractivity contribution in [2.45, 2.75) is 116 Å². The molecular formula is C22H40O4. The minimum absolute atomic E-state index is 0.235. The summed E-state index contributed by atoms with van der Waals surface area (Å²) in [7, 11) is 0. The molecule has 0 aromatic rings. The van der Waals surface area contributed by atoms with Gasteiger partial charge in [-0.25, -0.2) is 4.79 Å². The van der Waals surface area contributed by atoms with E-state index in [-0.39, 0.29) is 6.42 Å². The van der Waals surface area contributed by atoms with Crippen LogP contribution in [0.15, 0.2) is 11.6 Å². The zero-order valence-corrected chi connectivity index (χ0v) is 16.8. The summed E-state index contributed by atoms with van der Waals surface area (Å²) in [6.07, 6.45) is 19.7. The maximum atomic E-state index is 11.3. The second-order valence-corrected chi connectivity index (χ2v) is 7.31. The molecule has 0 aliphatic heterocycles. The van der Waals surface area contributed by atoms with Gasteiger partial charge < -0.3 is 10.2 Å². The second kappa shape index (κ2) is 18.5. The van der Waals surface area contributed by atoms with Crippen molar-refractivity contribution in [3.63, 3.8) is 0 Å². The van der Waals surface area contributed by atoms with Gasteiger partial charge in [0.1, 0.15) is 0 Å². The number of hydrogen-bond donors (Lipinski definition) is 2. The van der Waals surface area contributed by atoms with Gasteiger partial charge in [0.15, 0.2) is 0 Å². The number of allylic oxidation sites excluding steroid dienone is 1. The van der Waals surface area contributed by atoms with E-state index in [4.69, 9.17) is 5.11 Å². The Morgan fingerprint density at radius 2 is 1.12 bits per heavy atom. The Morgan fingerprint density at radius 1 is 0.654 bits per heavy atom. The summed E-state index contributed by atoms with van der Waals surface area (Å²) in [5, 5.41) is 17.9. The quantitative estimate of drug-likeness (QED) is 0.196. The van der Waals surface area contributed by atoms with Crippen LogP contribution in [0, 0.1) is 0 Å². The van der Waals surface area contributed by atoms with Crippen LogP contribution < -0.4 is 0 Å². The molecule has 26 heavy (non-hydrogen) atoms.